The number of rotatable bonds is 4. The fourth-order valence-electron chi connectivity index (χ4n) is 1.82. The lowest BCUT2D eigenvalue weighted by atomic mass is 10.0. The molecule has 0 bridgehead atoms. The number of benzene rings is 2. The number of aryl methyl sites for hydroxylation is 1. The van der Waals surface area contributed by atoms with Crippen LogP contribution in [0.15, 0.2) is 40.9 Å². The number of ketones is 1. The third-order valence-electron chi connectivity index (χ3n) is 2.93. The van der Waals surface area contributed by atoms with E-state index in [0.29, 0.717) is 22.8 Å². The third-order valence-corrected chi connectivity index (χ3v) is 3.95. The molecule has 0 saturated heterocycles. The van der Waals surface area contributed by atoms with Crippen LogP contribution in [0.5, 0.6) is 5.75 Å². The van der Waals surface area contributed by atoms with Gasteiger partial charge in [0.2, 0.25) is 0 Å². The summed E-state index contributed by atoms with van der Waals surface area (Å²) in [5, 5.41) is 0.598. The van der Waals surface area contributed by atoms with Crippen LogP contribution in [0.2, 0.25) is 5.02 Å². The van der Waals surface area contributed by atoms with Crippen molar-refractivity contribution in [2.24, 2.45) is 0 Å². The van der Waals surface area contributed by atoms with Crippen LogP contribution in [-0.2, 0) is 0 Å². The average Bonchev–Trinajstić information content (AvgIpc) is 2.43. The van der Waals surface area contributed by atoms with Crippen molar-refractivity contribution in [1.82, 2.24) is 0 Å². The number of hydrogen-bond acceptors (Lipinski definition) is 2. The summed E-state index contributed by atoms with van der Waals surface area (Å²) < 4.78 is 6.20. The second-order valence-corrected chi connectivity index (χ2v) is 5.63. The highest BCUT2D eigenvalue weighted by atomic mass is 79.9. The van der Waals surface area contributed by atoms with E-state index in [9.17, 15) is 4.79 Å². The van der Waals surface area contributed by atoms with Gasteiger partial charge in [-0.15, -0.1) is 0 Å². The predicted molar refractivity (Wildman–Crippen MR) is 84.9 cm³/mol. The van der Waals surface area contributed by atoms with Gasteiger partial charge in [-0.25, -0.2) is 0 Å². The summed E-state index contributed by atoms with van der Waals surface area (Å²) >= 11 is 9.47. The summed E-state index contributed by atoms with van der Waals surface area (Å²) in [5.41, 5.74) is 2.13. The molecule has 2 rings (SSSR count). The van der Waals surface area contributed by atoms with Gasteiger partial charge in [0.05, 0.1) is 11.1 Å². The smallest absolute Gasteiger partial charge is 0.193 e. The Kier molecular flexibility index (Phi) is 4.84. The summed E-state index contributed by atoms with van der Waals surface area (Å²) in [6.45, 7) is 4.41. The maximum Gasteiger partial charge on any atom is 0.193 e. The zero-order valence-electron chi connectivity index (χ0n) is 11.2. The van der Waals surface area contributed by atoms with Gasteiger partial charge in [-0.2, -0.15) is 0 Å². The van der Waals surface area contributed by atoms with E-state index in [1.807, 2.05) is 19.9 Å². The molecule has 0 aliphatic heterocycles. The average molecular weight is 354 g/mol. The van der Waals surface area contributed by atoms with Crippen LogP contribution in [0.25, 0.3) is 0 Å². The van der Waals surface area contributed by atoms with E-state index < -0.39 is 0 Å². The molecule has 2 aromatic carbocycles. The Hall–Kier alpha value is -1.32. The number of halogens is 2. The highest BCUT2D eigenvalue weighted by molar-refractivity contribution is 9.10. The largest absolute Gasteiger partial charge is 0.493 e. The van der Waals surface area contributed by atoms with Gasteiger partial charge >= 0.3 is 0 Å². The molecule has 104 valence electrons. The molecule has 0 heterocycles. The molecule has 0 spiro atoms. The Labute approximate surface area is 131 Å². The lowest BCUT2D eigenvalue weighted by Gasteiger charge is -2.08. The fourth-order valence-corrected chi connectivity index (χ4v) is 2.49. The molecule has 2 nitrogen and oxygen atoms in total. The topological polar surface area (TPSA) is 26.3 Å². The second kappa shape index (κ2) is 6.42. The van der Waals surface area contributed by atoms with E-state index in [4.69, 9.17) is 16.3 Å². The van der Waals surface area contributed by atoms with E-state index in [1.54, 1.807) is 30.3 Å². The lowest BCUT2D eigenvalue weighted by molar-refractivity contribution is 0.103. The van der Waals surface area contributed by atoms with Crippen LogP contribution in [-0.4, -0.2) is 12.4 Å². The minimum Gasteiger partial charge on any atom is -0.493 e. The van der Waals surface area contributed by atoms with E-state index in [0.717, 1.165) is 15.8 Å². The summed E-state index contributed by atoms with van der Waals surface area (Å²) in [4.78, 5) is 12.4. The van der Waals surface area contributed by atoms with Crippen molar-refractivity contribution < 1.29 is 9.53 Å². The van der Waals surface area contributed by atoms with Crippen LogP contribution in [0, 0.1) is 6.92 Å². The molecule has 0 amide bonds. The Morgan fingerprint density at radius 1 is 1.20 bits per heavy atom. The van der Waals surface area contributed by atoms with Crippen molar-refractivity contribution in [1.29, 1.82) is 0 Å². The molecule has 0 aliphatic rings. The van der Waals surface area contributed by atoms with Crippen LogP contribution < -0.4 is 4.74 Å². The number of ether oxygens (including phenoxy) is 1. The molecule has 0 radical (unpaired) electrons. The van der Waals surface area contributed by atoms with Gasteiger partial charge < -0.3 is 4.74 Å². The summed E-state index contributed by atoms with van der Waals surface area (Å²) in [6.07, 6.45) is 0. The van der Waals surface area contributed by atoms with E-state index in [-0.39, 0.29) is 5.78 Å². The Balaban J connectivity index is 2.33. The molecule has 0 saturated carbocycles. The van der Waals surface area contributed by atoms with Crippen molar-refractivity contribution in [3.8, 4) is 5.75 Å². The van der Waals surface area contributed by atoms with Gasteiger partial charge in [-0.05, 0) is 59.6 Å². The zero-order valence-corrected chi connectivity index (χ0v) is 13.6. The van der Waals surface area contributed by atoms with Gasteiger partial charge in [0.1, 0.15) is 5.75 Å². The maximum atomic E-state index is 12.4. The molecule has 20 heavy (non-hydrogen) atoms. The van der Waals surface area contributed by atoms with Crippen molar-refractivity contribution in [3.63, 3.8) is 0 Å². The summed E-state index contributed by atoms with van der Waals surface area (Å²) in [7, 11) is 0. The minimum absolute atomic E-state index is 0.0596. The Bertz CT molecular complexity index is 653. The van der Waals surface area contributed by atoms with E-state index in [1.165, 1.54) is 0 Å². The molecule has 0 aliphatic carbocycles. The summed E-state index contributed by atoms with van der Waals surface area (Å²) in [6, 6.07) is 10.6. The van der Waals surface area contributed by atoms with Crippen LogP contribution >= 0.6 is 27.5 Å². The minimum atomic E-state index is -0.0596. The van der Waals surface area contributed by atoms with Crippen molar-refractivity contribution >= 4 is 33.3 Å². The number of carbonyl (C=O) groups is 1. The molecule has 0 atom stereocenters. The molecule has 0 unspecified atom stereocenters. The first-order chi connectivity index (χ1) is 9.52. The maximum absolute atomic E-state index is 12.4. The monoisotopic (exact) mass is 352 g/mol. The molecule has 2 aromatic rings. The molecular weight excluding hydrogens is 340 g/mol. The van der Waals surface area contributed by atoms with Crippen LogP contribution in [0.4, 0.5) is 0 Å². The van der Waals surface area contributed by atoms with Gasteiger partial charge in [0, 0.05) is 16.1 Å². The first kappa shape index (κ1) is 15.1. The number of hydrogen-bond donors (Lipinski definition) is 0. The SMILES string of the molecule is CCOc1ccc(C(=O)c2ccc(C)c(Cl)c2)cc1Br. The first-order valence-electron chi connectivity index (χ1n) is 6.26. The van der Waals surface area contributed by atoms with E-state index >= 15 is 0 Å². The first-order valence-corrected chi connectivity index (χ1v) is 7.43. The highest BCUT2D eigenvalue weighted by Crippen LogP contribution is 2.27. The van der Waals surface area contributed by atoms with Gasteiger partial charge in [0.25, 0.3) is 0 Å². The highest BCUT2D eigenvalue weighted by Gasteiger charge is 2.12. The predicted octanol–water partition coefficient (Wildman–Crippen LogP) is 5.04. The molecule has 0 N–H and O–H groups in total. The van der Waals surface area contributed by atoms with Gasteiger partial charge in [-0.1, -0.05) is 23.7 Å². The van der Waals surface area contributed by atoms with E-state index in [2.05, 4.69) is 15.9 Å². The second-order valence-electron chi connectivity index (χ2n) is 4.37. The van der Waals surface area contributed by atoms with Gasteiger partial charge in [-0.3, -0.25) is 4.79 Å². The summed E-state index contributed by atoms with van der Waals surface area (Å²) in [5.74, 6) is 0.668. The quantitative estimate of drug-likeness (QED) is 0.720. The normalized spacial score (nSPS) is 10.4. The molecular formula is C16H14BrClO2. The lowest BCUT2D eigenvalue weighted by Crippen LogP contribution is -2.02. The van der Waals surface area contributed by atoms with Crippen molar-refractivity contribution in [3.05, 3.63) is 62.6 Å². The van der Waals surface area contributed by atoms with Crippen molar-refractivity contribution in [2.45, 2.75) is 13.8 Å². The zero-order chi connectivity index (χ0) is 14.7. The Morgan fingerprint density at radius 2 is 1.85 bits per heavy atom. The van der Waals surface area contributed by atoms with Crippen LogP contribution in [0.1, 0.15) is 28.4 Å². The fraction of sp³-hybridized carbons (Fsp3) is 0.188. The van der Waals surface area contributed by atoms with Crippen LogP contribution in [0.3, 0.4) is 0 Å². The third kappa shape index (κ3) is 3.22. The number of carbonyl (C=O) groups excluding carboxylic acids is 1. The molecule has 0 aromatic heterocycles. The van der Waals surface area contributed by atoms with Crippen molar-refractivity contribution in [2.75, 3.05) is 6.61 Å². The standard InChI is InChI=1S/C16H14BrClO2/c1-3-20-15-7-6-11(8-13(15)17)16(19)12-5-4-10(2)14(18)9-12/h4-9H,3H2,1-2H3. The molecule has 0 fully saturated rings. The Morgan fingerprint density at radius 3 is 2.45 bits per heavy atom. The van der Waals surface area contributed by atoms with Gasteiger partial charge in [0.15, 0.2) is 5.78 Å². The molecule has 4 heteroatoms.